The Kier molecular flexibility index (Phi) is 3.44. The lowest BCUT2D eigenvalue weighted by atomic mass is 10.2. The quantitative estimate of drug-likeness (QED) is 0.770. The predicted octanol–water partition coefficient (Wildman–Crippen LogP) is 3.62. The van der Waals surface area contributed by atoms with E-state index in [1.54, 1.807) is 11.8 Å². The van der Waals surface area contributed by atoms with E-state index in [4.69, 9.17) is 0 Å². The molecule has 0 aliphatic carbocycles. The molecule has 0 atom stereocenters. The SMILES string of the molecule is O=CC1=CC(Br)=C(c2ccccc2)SC1. The number of halogens is 1. The molecule has 0 saturated carbocycles. The summed E-state index contributed by atoms with van der Waals surface area (Å²) in [6.07, 6.45) is 2.81. The first-order valence-electron chi connectivity index (χ1n) is 4.55. The van der Waals surface area contributed by atoms with Crippen molar-refractivity contribution in [2.24, 2.45) is 0 Å². The second-order valence-corrected chi connectivity index (χ2v) is 5.01. The van der Waals surface area contributed by atoms with Crippen LogP contribution in [-0.4, -0.2) is 12.0 Å². The number of thioether (sulfide) groups is 1. The second kappa shape index (κ2) is 4.81. The fraction of sp³-hybridized carbons (Fsp3) is 0.0833. The third kappa shape index (κ3) is 2.41. The molecule has 1 aliphatic heterocycles. The number of carbonyl (C=O) groups is 1. The molecule has 0 saturated heterocycles. The molecule has 0 aromatic heterocycles. The normalized spacial score (nSPS) is 16.2. The lowest BCUT2D eigenvalue weighted by molar-refractivity contribution is -0.104. The highest BCUT2D eigenvalue weighted by Gasteiger charge is 2.13. The van der Waals surface area contributed by atoms with Gasteiger partial charge in [-0.2, -0.15) is 0 Å². The van der Waals surface area contributed by atoms with Gasteiger partial charge in [0.2, 0.25) is 0 Å². The minimum atomic E-state index is 0.753. The van der Waals surface area contributed by atoms with Crippen molar-refractivity contribution in [1.29, 1.82) is 0 Å². The summed E-state index contributed by atoms with van der Waals surface area (Å²) >= 11 is 5.19. The van der Waals surface area contributed by atoms with Crippen molar-refractivity contribution in [3.8, 4) is 0 Å². The molecule has 0 radical (unpaired) electrons. The summed E-state index contributed by atoms with van der Waals surface area (Å²) in [7, 11) is 0. The molecule has 0 bridgehead atoms. The van der Waals surface area contributed by atoms with Gasteiger partial charge in [-0.25, -0.2) is 0 Å². The Morgan fingerprint density at radius 3 is 2.60 bits per heavy atom. The zero-order chi connectivity index (χ0) is 10.7. The molecular weight excluding hydrogens is 272 g/mol. The van der Waals surface area contributed by atoms with Gasteiger partial charge >= 0.3 is 0 Å². The van der Waals surface area contributed by atoms with Crippen molar-refractivity contribution < 1.29 is 4.79 Å². The number of benzene rings is 1. The van der Waals surface area contributed by atoms with Crippen LogP contribution in [0.5, 0.6) is 0 Å². The van der Waals surface area contributed by atoms with Crippen LogP contribution in [0.1, 0.15) is 5.56 Å². The van der Waals surface area contributed by atoms with Crippen molar-refractivity contribution in [3.63, 3.8) is 0 Å². The van der Waals surface area contributed by atoms with E-state index in [1.807, 2.05) is 24.3 Å². The van der Waals surface area contributed by atoms with Crippen LogP contribution in [0.15, 0.2) is 46.5 Å². The van der Waals surface area contributed by atoms with Gasteiger partial charge in [-0.05, 0) is 27.6 Å². The number of aldehydes is 1. The van der Waals surface area contributed by atoms with Gasteiger partial charge in [0.25, 0.3) is 0 Å². The minimum Gasteiger partial charge on any atom is -0.298 e. The van der Waals surface area contributed by atoms with Gasteiger partial charge in [0.15, 0.2) is 0 Å². The molecule has 2 rings (SSSR count). The molecule has 0 spiro atoms. The molecule has 1 aromatic carbocycles. The van der Waals surface area contributed by atoms with Gasteiger partial charge in [-0.15, -0.1) is 11.8 Å². The molecule has 1 aromatic rings. The van der Waals surface area contributed by atoms with Gasteiger partial charge in [0.05, 0.1) is 0 Å². The number of hydrogen-bond donors (Lipinski definition) is 0. The Morgan fingerprint density at radius 1 is 1.27 bits per heavy atom. The van der Waals surface area contributed by atoms with Crippen LogP contribution in [0, 0.1) is 0 Å². The topological polar surface area (TPSA) is 17.1 Å². The van der Waals surface area contributed by atoms with E-state index in [1.165, 1.54) is 10.5 Å². The Morgan fingerprint density at radius 2 is 2.00 bits per heavy atom. The van der Waals surface area contributed by atoms with E-state index in [-0.39, 0.29) is 0 Å². The highest BCUT2D eigenvalue weighted by Crippen LogP contribution is 2.38. The van der Waals surface area contributed by atoms with Gasteiger partial charge in [-0.1, -0.05) is 30.3 Å². The summed E-state index contributed by atoms with van der Waals surface area (Å²) in [5, 5.41) is 0. The molecule has 0 amide bonds. The summed E-state index contributed by atoms with van der Waals surface area (Å²) in [6.45, 7) is 0. The zero-order valence-corrected chi connectivity index (χ0v) is 10.3. The lowest BCUT2D eigenvalue weighted by Gasteiger charge is -2.14. The van der Waals surface area contributed by atoms with Crippen molar-refractivity contribution in [3.05, 3.63) is 52.0 Å². The van der Waals surface area contributed by atoms with Crippen LogP contribution >= 0.6 is 27.7 Å². The largest absolute Gasteiger partial charge is 0.298 e. The fourth-order valence-electron chi connectivity index (χ4n) is 1.37. The molecule has 76 valence electrons. The molecule has 3 heteroatoms. The van der Waals surface area contributed by atoms with E-state index in [9.17, 15) is 4.79 Å². The fourth-order valence-corrected chi connectivity index (χ4v) is 3.20. The molecule has 1 nitrogen and oxygen atoms in total. The van der Waals surface area contributed by atoms with Crippen LogP contribution in [0.2, 0.25) is 0 Å². The highest BCUT2D eigenvalue weighted by molar-refractivity contribution is 9.12. The first-order chi connectivity index (χ1) is 7.31. The molecule has 1 aliphatic rings. The molecule has 0 unspecified atom stereocenters. The van der Waals surface area contributed by atoms with Crippen LogP contribution in [0.3, 0.4) is 0 Å². The van der Waals surface area contributed by atoms with Gasteiger partial charge in [0.1, 0.15) is 6.29 Å². The zero-order valence-electron chi connectivity index (χ0n) is 7.94. The van der Waals surface area contributed by atoms with E-state index >= 15 is 0 Å². The van der Waals surface area contributed by atoms with E-state index < -0.39 is 0 Å². The van der Waals surface area contributed by atoms with Gasteiger partial charge in [-0.3, -0.25) is 4.79 Å². The maximum absolute atomic E-state index is 10.6. The smallest absolute Gasteiger partial charge is 0.146 e. The standard InChI is InChI=1S/C12H9BrOS/c13-11-6-9(7-14)8-15-12(11)10-4-2-1-3-5-10/h1-7H,8H2. The van der Waals surface area contributed by atoms with Crippen molar-refractivity contribution in [2.75, 3.05) is 5.75 Å². The predicted molar refractivity (Wildman–Crippen MR) is 68.9 cm³/mol. The number of allylic oxidation sites excluding steroid dienone is 2. The molecule has 1 heterocycles. The first-order valence-corrected chi connectivity index (χ1v) is 6.33. The van der Waals surface area contributed by atoms with E-state index in [2.05, 4.69) is 28.1 Å². The molecule has 0 N–H and O–H groups in total. The average molecular weight is 281 g/mol. The molecule has 0 fully saturated rings. The number of carbonyl (C=O) groups excluding carboxylic acids is 1. The highest BCUT2D eigenvalue weighted by atomic mass is 79.9. The minimum absolute atomic E-state index is 0.753. The van der Waals surface area contributed by atoms with E-state index in [0.29, 0.717) is 0 Å². The van der Waals surface area contributed by atoms with Gasteiger partial charge in [0, 0.05) is 20.7 Å². The second-order valence-electron chi connectivity index (χ2n) is 3.17. The monoisotopic (exact) mass is 280 g/mol. The maximum Gasteiger partial charge on any atom is 0.146 e. The van der Waals surface area contributed by atoms with Crippen LogP contribution in [0.25, 0.3) is 4.91 Å². The summed E-state index contributed by atoms with van der Waals surface area (Å²) < 4.78 is 0.993. The van der Waals surface area contributed by atoms with Crippen molar-refractivity contribution in [2.45, 2.75) is 0 Å². The molecule has 15 heavy (non-hydrogen) atoms. The van der Waals surface area contributed by atoms with Crippen molar-refractivity contribution in [1.82, 2.24) is 0 Å². The number of hydrogen-bond acceptors (Lipinski definition) is 2. The average Bonchev–Trinajstić information content (AvgIpc) is 2.30. The first kappa shape index (κ1) is 10.7. The summed E-state index contributed by atoms with van der Waals surface area (Å²) in [4.78, 5) is 11.8. The van der Waals surface area contributed by atoms with Gasteiger partial charge < -0.3 is 0 Å². The van der Waals surface area contributed by atoms with E-state index in [0.717, 1.165) is 22.1 Å². The van der Waals surface area contributed by atoms with Crippen LogP contribution < -0.4 is 0 Å². The van der Waals surface area contributed by atoms with Crippen molar-refractivity contribution >= 4 is 38.9 Å². The third-order valence-electron chi connectivity index (χ3n) is 2.10. The Hall–Kier alpha value is -0.800. The van der Waals surface area contributed by atoms with Crippen LogP contribution in [0.4, 0.5) is 0 Å². The Balaban J connectivity index is 2.39. The summed E-state index contributed by atoms with van der Waals surface area (Å²) in [5.74, 6) is 0.753. The third-order valence-corrected chi connectivity index (χ3v) is 4.21. The Labute approximate surface area is 101 Å². The maximum atomic E-state index is 10.6. The number of rotatable bonds is 2. The van der Waals surface area contributed by atoms with Crippen LogP contribution in [-0.2, 0) is 4.79 Å². The summed E-state index contributed by atoms with van der Waals surface area (Å²) in [5.41, 5.74) is 2.02. The lowest BCUT2D eigenvalue weighted by Crippen LogP contribution is -1.96. The summed E-state index contributed by atoms with van der Waals surface area (Å²) in [6, 6.07) is 10.2. The Bertz CT molecular complexity index is 434. The molecular formula is C12H9BrOS.